The first-order chi connectivity index (χ1) is 10.0. The highest BCUT2D eigenvalue weighted by atomic mass is 19.2. The Morgan fingerprint density at radius 3 is 2.29 bits per heavy atom. The van der Waals surface area contributed by atoms with Gasteiger partial charge < -0.3 is 4.74 Å². The molecule has 0 saturated carbocycles. The molecule has 21 heavy (non-hydrogen) atoms. The largest absolute Gasteiger partial charge is 0.422 e. The Kier molecular flexibility index (Phi) is 4.42. The molecule has 0 aliphatic heterocycles. The highest BCUT2D eigenvalue weighted by Gasteiger charge is 2.19. The van der Waals surface area contributed by atoms with Crippen LogP contribution in [0.25, 0.3) is 0 Å². The molecule has 3 nitrogen and oxygen atoms in total. The third-order valence-corrected chi connectivity index (χ3v) is 2.86. The summed E-state index contributed by atoms with van der Waals surface area (Å²) in [6.45, 7) is 1.58. The van der Waals surface area contributed by atoms with Gasteiger partial charge in [0.15, 0.2) is 17.4 Å². The van der Waals surface area contributed by atoms with Crippen molar-refractivity contribution in [2.75, 3.05) is 0 Å². The molecule has 0 aliphatic rings. The molecule has 0 amide bonds. The van der Waals surface area contributed by atoms with E-state index in [0.717, 1.165) is 6.07 Å². The monoisotopic (exact) mass is 290 g/mol. The Balaban J connectivity index is 2.37. The Morgan fingerprint density at radius 1 is 1.05 bits per heavy atom. The van der Waals surface area contributed by atoms with Gasteiger partial charge in [0.25, 0.3) is 0 Å². The van der Waals surface area contributed by atoms with Crippen molar-refractivity contribution < 1.29 is 23.1 Å². The zero-order valence-corrected chi connectivity index (χ0v) is 11.2. The first kappa shape index (κ1) is 14.8. The van der Waals surface area contributed by atoms with Crippen molar-refractivity contribution in [1.29, 1.82) is 0 Å². The molecule has 0 unspecified atom stereocenters. The fraction of sp³-hybridized carbons (Fsp3) is 0.125. The van der Waals surface area contributed by atoms with E-state index in [2.05, 4.69) is 0 Å². The van der Waals surface area contributed by atoms with Crippen molar-refractivity contribution in [3.05, 3.63) is 65.2 Å². The van der Waals surface area contributed by atoms with Crippen LogP contribution in [0.3, 0.4) is 0 Å². The standard InChI is InChI=1S/C16H12F2O3/c1-2-14(19)11-8-12(17)13(18)9-15(11)21-16(20)10-6-4-3-5-7-10/h3-9H,2H2,1H3. The summed E-state index contributed by atoms with van der Waals surface area (Å²) in [4.78, 5) is 23.7. The number of halogens is 2. The van der Waals surface area contributed by atoms with E-state index < -0.39 is 23.4 Å². The Morgan fingerprint density at radius 2 is 1.67 bits per heavy atom. The van der Waals surface area contributed by atoms with Crippen LogP contribution in [-0.2, 0) is 0 Å². The third-order valence-electron chi connectivity index (χ3n) is 2.86. The highest BCUT2D eigenvalue weighted by Crippen LogP contribution is 2.24. The molecule has 0 fully saturated rings. The van der Waals surface area contributed by atoms with E-state index in [1.54, 1.807) is 25.1 Å². The maximum Gasteiger partial charge on any atom is 0.343 e. The van der Waals surface area contributed by atoms with Crippen LogP contribution in [0.15, 0.2) is 42.5 Å². The third kappa shape index (κ3) is 3.31. The lowest BCUT2D eigenvalue weighted by molar-refractivity contribution is 0.0731. The minimum absolute atomic E-state index is 0.0843. The molecule has 0 N–H and O–H groups in total. The average molecular weight is 290 g/mol. The van der Waals surface area contributed by atoms with Crippen LogP contribution < -0.4 is 4.74 Å². The molecule has 108 valence electrons. The number of hydrogen-bond acceptors (Lipinski definition) is 3. The molecule has 0 saturated heterocycles. The van der Waals surface area contributed by atoms with Gasteiger partial charge in [-0.1, -0.05) is 25.1 Å². The van der Waals surface area contributed by atoms with Crippen molar-refractivity contribution in [3.63, 3.8) is 0 Å². The van der Waals surface area contributed by atoms with E-state index in [4.69, 9.17) is 4.74 Å². The Labute approximate surface area is 120 Å². The number of hydrogen-bond donors (Lipinski definition) is 0. The summed E-state index contributed by atoms with van der Waals surface area (Å²) in [6.07, 6.45) is 0.0843. The van der Waals surface area contributed by atoms with Gasteiger partial charge in [-0.15, -0.1) is 0 Å². The zero-order chi connectivity index (χ0) is 15.4. The quantitative estimate of drug-likeness (QED) is 0.489. The minimum atomic E-state index is -1.18. The SMILES string of the molecule is CCC(=O)c1cc(F)c(F)cc1OC(=O)c1ccccc1. The van der Waals surface area contributed by atoms with Gasteiger partial charge in [-0.05, 0) is 18.2 Å². The van der Waals surface area contributed by atoms with Crippen LogP contribution in [-0.4, -0.2) is 11.8 Å². The van der Waals surface area contributed by atoms with Crippen LogP contribution in [0.2, 0.25) is 0 Å². The number of benzene rings is 2. The summed E-state index contributed by atoms with van der Waals surface area (Å²) in [7, 11) is 0. The molecule has 2 aromatic rings. The predicted octanol–water partition coefficient (Wildman–Crippen LogP) is 3.78. The van der Waals surface area contributed by atoms with E-state index in [-0.39, 0.29) is 23.3 Å². The molecule has 0 aliphatic carbocycles. The summed E-state index contributed by atoms with van der Waals surface area (Å²) in [5.74, 6) is -3.81. The summed E-state index contributed by atoms with van der Waals surface area (Å²) >= 11 is 0. The van der Waals surface area contributed by atoms with Gasteiger partial charge in [-0.25, -0.2) is 13.6 Å². The van der Waals surface area contributed by atoms with Gasteiger partial charge in [0.05, 0.1) is 11.1 Å². The molecule has 0 radical (unpaired) electrons. The average Bonchev–Trinajstić information content (AvgIpc) is 2.50. The van der Waals surface area contributed by atoms with E-state index in [9.17, 15) is 18.4 Å². The van der Waals surface area contributed by atoms with Crippen molar-refractivity contribution in [3.8, 4) is 5.75 Å². The smallest absolute Gasteiger partial charge is 0.343 e. The number of ether oxygens (including phenoxy) is 1. The molecule has 5 heteroatoms. The first-order valence-electron chi connectivity index (χ1n) is 6.32. The molecule has 0 atom stereocenters. The summed E-state index contributed by atoms with van der Waals surface area (Å²) in [5, 5.41) is 0. The van der Waals surface area contributed by atoms with Crippen molar-refractivity contribution in [2.24, 2.45) is 0 Å². The number of carbonyl (C=O) groups is 2. The summed E-state index contributed by atoms with van der Waals surface area (Å²) in [6, 6.07) is 9.49. The zero-order valence-electron chi connectivity index (χ0n) is 11.2. The van der Waals surface area contributed by atoms with Crippen LogP contribution >= 0.6 is 0 Å². The van der Waals surface area contributed by atoms with Gasteiger partial charge in [-0.2, -0.15) is 0 Å². The van der Waals surface area contributed by atoms with Crippen LogP contribution in [0.5, 0.6) is 5.75 Å². The van der Waals surface area contributed by atoms with Gasteiger partial charge in [0, 0.05) is 12.5 Å². The van der Waals surface area contributed by atoms with Crippen LogP contribution in [0, 0.1) is 11.6 Å². The molecule has 2 rings (SSSR count). The number of carbonyl (C=O) groups excluding carboxylic acids is 2. The summed E-state index contributed by atoms with van der Waals surface area (Å²) < 4.78 is 31.6. The summed E-state index contributed by atoms with van der Waals surface area (Å²) in [5.41, 5.74) is 0.0952. The Hall–Kier alpha value is -2.56. The van der Waals surface area contributed by atoms with Crippen LogP contribution in [0.1, 0.15) is 34.1 Å². The van der Waals surface area contributed by atoms with Gasteiger partial charge in [0.1, 0.15) is 5.75 Å². The Bertz CT molecular complexity index is 681. The topological polar surface area (TPSA) is 43.4 Å². The predicted molar refractivity (Wildman–Crippen MR) is 72.4 cm³/mol. The fourth-order valence-corrected chi connectivity index (χ4v) is 1.75. The maximum atomic E-state index is 13.3. The second-order valence-corrected chi connectivity index (χ2v) is 4.29. The second kappa shape index (κ2) is 6.26. The van der Waals surface area contributed by atoms with Gasteiger partial charge in [0.2, 0.25) is 0 Å². The number of ketones is 1. The second-order valence-electron chi connectivity index (χ2n) is 4.29. The maximum absolute atomic E-state index is 13.3. The van der Waals surface area contributed by atoms with Crippen molar-refractivity contribution >= 4 is 11.8 Å². The lowest BCUT2D eigenvalue weighted by atomic mass is 10.1. The molecular formula is C16H12F2O3. The van der Waals surface area contributed by atoms with Gasteiger partial charge in [-0.3, -0.25) is 4.79 Å². The van der Waals surface area contributed by atoms with Crippen LogP contribution in [0.4, 0.5) is 8.78 Å². The van der Waals surface area contributed by atoms with Gasteiger partial charge >= 0.3 is 5.97 Å². The van der Waals surface area contributed by atoms with Crippen molar-refractivity contribution in [2.45, 2.75) is 13.3 Å². The highest BCUT2D eigenvalue weighted by molar-refractivity contribution is 6.00. The fourth-order valence-electron chi connectivity index (χ4n) is 1.75. The van der Waals surface area contributed by atoms with E-state index in [1.807, 2.05) is 0 Å². The van der Waals surface area contributed by atoms with E-state index >= 15 is 0 Å². The molecule has 0 heterocycles. The number of Topliss-reactive ketones (excluding diaryl/α,β-unsaturated/α-hetero) is 1. The molecular weight excluding hydrogens is 278 g/mol. The molecule has 0 aromatic heterocycles. The van der Waals surface area contributed by atoms with Crippen molar-refractivity contribution in [1.82, 2.24) is 0 Å². The number of rotatable bonds is 4. The normalized spacial score (nSPS) is 10.2. The molecule has 0 bridgehead atoms. The first-order valence-corrected chi connectivity index (χ1v) is 6.32. The number of esters is 1. The van der Waals surface area contributed by atoms with E-state index in [0.29, 0.717) is 6.07 Å². The van der Waals surface area contributed by atoms with E-state index in [1.165, 1.54) is 12.1 Å². The molecule has 2 aromatic carbocycles. The molecule has 0 spiro atoms. The lowest BCUT2D eigenvalue weighted by Crippen LogP contribution is -2.12. The minimum Gasteiger partial charge on any atom is -0.422 e. The lowest BCUT2D eigenvalue weighted by Gasteiger charge is -2.09.